The second-order valence-corrected chi connectivity index (χ2v) is 11.0. The van der Waals surface area contributed by atoms with Crippen molar-refractivity contribution in [3.63, 3.8) is 0 Å². The number of ether oxygens (including phenoxy) is 1. The van der Waals surface area contributed by atoms with E-state index in [0.717, 1.165) is 12.8 Å². The third kappa shape index (κ3) is 6.88. The zero-order chi connectivity index (χ0) is 25.0. The molecule has 3 aromatic rings. The minimum absolute atomic E-state index is 0.0661. The molecule has 186 valence electrons. The third-order valence-corrected chi connectivity index (χ3v) is 7.73. The normalized spacial score (nSPS) is 14.6. The maximum absolute atomic E-state index is 14.3. The predicted octanol–water partition coefficient (Wildman–Crippen LogP) is 3.24. The Labute approximate surface area is 201 Å². The molecular formula is C25H26F2N2O5S. The fourth-order valence-corrected chi connectivity index (χ4v) is 5.46. The van der Waals surface area contributed by atoms with E-state index in [1.807, 2.05) is 0 Å². The molecule has 1 atom stereocenters. The SMILES string of the molecule is O=c1ccn(CCCS(=O)(=O)C[C@H](c2ccc(F)cc2)c2ccc(F)c(OCC3CC3)c2)c(=O)[nH]1. The first-order valence-corrected chi connectivity index (χ1v) is 13.2. The number of rotatable bonds is 11. The molecule has 0 radical (unpaired) electrons. The lowest BCUT2D eigenvalue weighted by Crippen LogP contribution is -2.29. The molecule has 0 amide bonds. The Hall–Kier alpha value is -3.27. The summed E-state index contributed by atoms with van der Waals surface area (Å²) >= 11 is 0. The van der Waals surface area contributed by atoms with Gasteiger partial charge in [0.2, 0.25) is 0 Å². The van der Waals surface area contributed by atoms with E-state index in [-0.39, 0.29) is 30.2 Å². The first-order valence-electron chi connectivity index (χ1n) is 11.4. The zero-order valence-corrected chi connectivity index (χ0v) is 19.8. The lowest BCUT2D eigenvalue weighted by molar-refractivity contribution is 0.285. The molecule has 1 fully saturated rings. The van der Waals surface area contributed by atoms with Crippen LogP contribution < -0.4 is 16.0 Å². The Balaban J connectivity index is 1.53. The summed E-state index contributed by atoms with van der Waals surface area (Å²) in [5.74, 6) is -1.65. The van der Waals surface area contributed by atoms with Crippen LogP contribution in [0.4, 0.5) is 8.78 Å². The Morgan fingerprint density at radius 2 is 1.74 bits per heavy atom. The molecule has 0 saturated heterocycles. The zero-order valence-electron chi connectivity index (χ0n) is 19.0. The number of aromatic nitrogens is 2. The van der Waals surface area contributed by atoms with Gasteiger partial charge in [0, 0.05) is 24.7 Å². The highest BCUT2D eigenvalue weighted by Crippen LogP contribution is 2.33. The van der Waals surface area contributed by atoms with Crippen molar-refractivity contribution in [1.29, 1.82) is 0 Å². The number of H-pyrrole nitrogens is 1. The number of nitrogens with one attached hydrogen (secondary N) is 1. The van der Waals surface area contributed by atoms with E-state index >= 15 is 0 Å². The standard InChI is InChI=1S/C25H26F2N2O5S/c26-20-7-4-18(5-8-20)21(19-6-9-22(27)23(14-19)34-15-17-2-3-17)16-35(32,33)13-1-11-29-12-10-24(30)28-25(29)31/h4-10,12,14,17,21H,1-3,11,13,15-16H2,(H,28,30,31)/t21-/m1/s1. The van der Waals surface area contributed by atoms with E-state index < -0.39 is 38.6 Å². The molecule has 4 rings (SSSR count). The number of hydrogen-bond acceptors (Lipinski definition) is 5. The molecule has 2 aromatic carbocycles. The third-order valence-electron chi connectivity index (χ3n) is 5.97. The summed E-state index contributed by atoms with van der Waals surface area (Å²) in [6, 6.07) is 11.0. The van der Waals surface area contributed by atoms with Gasteiger partial charge in [0.1, 0.15) is 5.82 Å². The van der Waals surface area contributed by atoms with Gasteiger partial charge in [0.25, 0.3) is 5.56 Å². The predicted molar refractivity (Wildman–Crippen MR) is 127 cm³/mol. The number of sulfone groups is 1. The lowest BCUT2D eigenvalue weighted by atomic mass is 9.93. The maximum atomic E-state index is 14.3. The number of aryl methyl sites for hydroxylation is 1. The van der Waals surface area contributed by atoms with Gasteiger partial charge in [-0.15, -0.1) is 0 Å². The first kappa shape index (κ1) is 24.8. The fourth-order valence-electron chi connectivity index (χ4n) is 3.83. The molecular weight excluding hydrogens is 478 g/mol. The molecule has 7 nitrogen and oxygen atoms in total. The van der Waals surface area contributed by atoms with Crippen molar-refractivity contribution in [2.75, 3.05) is 18.1 Å². The van der Waals surface area contributed by atoms with E-state index in [1.165, 1.54) is 59.3 Å². The van der Waals surface area contributed by atoms with E-state index in [1.54, 1.807) is 0 Å². The van der Waals surface area contributed by atoms with Crippen molar-refractivity contribution in [1.82, 2.24) is 9.55 Å². The highest BCUT2D eigenvalue weighted by atomic mass is 32.2. The van der Waals surface area contributed by atoms with E-state index in [9.17, 15) is 26.8 Å². The largest absolute Gasteiger partial charge is 0.490 e. The van der Waals surface area contributed by atoms with Gasteiger partial charge in [-0.2, -0.15) is 0 Å². The number of aromatic amines is 1. The summed E-state index contributed by atoms with van der Waals surface area (Å²) in [5, 5.41) is 0. The van der Waals surface area contributed by atoms with Gasteiger partial charge in [-0.3, -0.25) is 9.78 Å². The van der Waals surface area contributed by atoms with E-state index in [2.05, 4.69) is 4.98 Å². The van der Waals surface area contributed by atoms with Crippen molar-refractivity contribution < 1.29 is 21.9 Å². The molecule has 1 heterocycles. The van der Waals surface area contributed by atoms with Crippen molar-refractivity contribution in [2.45, 2.75) is 31.7 Å². The molecule has 0 unspecified atom stereocenters. The molecule has 10 heteroatoms. The van der Waals surface area contributed by atoms with Crippen molar-refractivity contribution in [2.24, 2.45) is 5.92 Å². The molecule has 1 aliphatic rings. The maximum Gasteiger partial charge on any atom is 0.328 e. The number of benzene rings is 2. The van der Waals surface area contributed by atoms with E-state index in [4.69, 9.17) is 4.74 Å². The first-order chi connectivity index (χ1) is 16.7. The molecule has 1 aliphatic carbocycles. The van der Waals surface area contributed by atoms with Crippen LogP contribution in [-0.4, -0.2) is 36.1 Å². The monoisotopic (exact) mass is 504 g/mol. The van der Waals surface area contributed by atoms with Gasteiger partial charge < -0.3 is 9.30 Å². The van der Waals surface area contributed by atoms with Gasteiger partial charge in [0.15, 0.2) is 21.4 Å². The van der Waals surface area contributed by atoms with Crippen LogP contribution in [-0.2, 0) is 16.4 Å². The van der Waals surface area contributed by atoms with Crippen LogP contribution in [0, 0.1) is 17.6 Å². The summed E-state index contributed by atoms with van der Waals surface area (Å²) in [5.41, 5.74) is -0.0132. The number of nitrogens with zero attached hydrogens (tertiary/aromatic N) is 1. The highest BCUT2D eigenvalue weighted by molar-refractivity contribution is 7.91. The van der Waals surface area contributed by atoms with Gasteiger partial charge in [-0.1, -0.05) is 18.2 Å². The van der Waals surface area contributed by atoms with Crippen LogP contribution in [0.15, 0.2) is 64.3 Å². The molecule has 1 aromatic heterocycles. The van der Waals surface area contributed by atoms with Crippen LogP contribution in [0.5, 0.6) is 5.75 Å². The molecule has 35 heavy (non-hydrogen) atoms. The fraction of sp³-hybridized carbons (Fsp3) is 0.360. The average Bonchev–Trinajstić information content (AvgIpc) is 3.64. The minimum atomic E-state index is -3.63. The minimum Gasteiger partial charge on any atom is -0.490 e. The van der Waals surface area contributed by atoms with E-state index in [0.29, 0.717) is 23.7 Å². The van der Waals surface area contributed by atoms with Gasteiger partial charge >= 0.3 is 5.69 Å². The van der Waals surface area contributed by atoms with Crippen LogP contribution >= 0.6 is 0 Å². The van der Waals surface area contributed by atoms with Gasteiger partial charge in [-0.25, -0.2) is 22.0 Å². The van der Waals surface area contributed by atoms with Crippen LogP contribution in [0.25, 0.3) is 0 Å². The average molecular weight is 505 g/mol. The van der Waals surface area contributed by atoms with Crippen molar-refractivity contribution in [3.8, 4) is 5.75 Å². The lowest BCUT2D eigenvalue weighted by Gasteiger charge is -2.20. The van der Waals surface area contributed by atoms with Crippen LogP contribution in [0.3, 0.4) is 0 Å². The molecule has 1 saturated carbocycles. The Morgan fingerprint density at radius 1 is 1.03 bits per heavy atom. The van der Waals surface area contributed by atoms with Crippen molar-refractivity contribution in [3.05, 3.63) is 98.3 Å². The molecule has 0 spiro atoms. The van der Waals surface area contributed by atoms with Gasteiger partial charge in [0.05, 0.1) is 18.1 Å². The second kappa shape index (κ2) is 10.6. The molecule has 1 N–H and O–H groups in total. The van der Waals surface area contributed by atoms with Gasteiger partial charge in [-0.05, 0) is 60.6 Å². The topological polar surface area (TPSA) is 98.2 Å². The van der Waals surface area contributed by atoms with Crippen LogP contribution in [0.2, 0.25) is 0 Å². The second-order valence-electron chi connectivity index (χ2n) is 8.82. The molecule has 0 aliphatic heterocycles. The summed E-state index contributed by atoms with van der Waals surface area (Å²) in [7, 11) is -3.63. The van der Waals surface area contributed by atoms with Crippen molar-refractivity contribution >= 4 is 9.84 Å². The smallest absolute Gasteiger partial charge is 0.328 e. The Bertz CT molecular complexity index is 1400. The Kier molecular flexibility index (Phi) is 7.49. The molecule has 0 bridgehead atoms. The number of hydrogen-bond donors (Lipinski definition) is 1. The Morgan fingerprint density at radius 3 is 2.43 bits per heavy atom. The summed E-state index contributed by atoms with van der Waals surface area (Å²) < 4.78 is 60.8. The summed E-state index contributed by atoms with van der Waals surface area (Å²) in [6.07, 6.45) is 3.56. The highest BCUT2D eigenvalue weighted by Gasteiger charge is 2.25. The number of halogens is 2. The van der Waals surface area contributed by atoms with Crippen LogP contribution in [0.1, 0.15) is 36.3 Å². The quantitative estimate of drug-likeness (QED) is 0.432. The summed E-state index contributed by atoms with van der Waals surface area (Å²) in [6.45, 7) is 0.524. The summed E-state index contributed by atoms with van der Waals surface area (Å²) in [4.78, 5) is 25.1.